The van der Waals surface area contributed by atoms with Crippen molar-refractivity contribution in [3.63, 3.8) is 0 Å². The molecular formula is C11H16ClNS. The van der Waals surface area contributed by atoms with Crippen molar-refractivity contribution in [3.05, 3.63) is 22.4 Å². The lowest BCUT2D eigenvalue weighted by Crippen LogP contribution is -2.24. The van der Waals surface area contributed by atoms with Gasteiger partial charge in [-0.05, 0) is 54.7 Å². The van der Waals surface area contributed by atoms with Crippen LogP contribution in [0, 0.1) is 0 Å². The lowest BCUT2D eigenvalue weighted by atomic mass is 10.2. The fourth-order valence-corrected chi connectivity index (χ4v) is 2.83. The fraction of sp³-hybridized carbons (Fsp3) is 0.636. The summed E-state index contributed by atoms with van der Waals surface area (Å²) in [5, 5.41) is 4.79. The summed E-state index contributed by atoms with van der Waals surface area (Å²) in [7, 11) is 0. The monoisotopic (exact) mass is 229 g/mol. The second kappa shape index (κ2) is 5.15. The average molecular weight is 230 g/mol. The van der Waals surface area contributed by atoms with Gasteiger partial charge in [0, 0.05) is 11.9 Å². The zero-order chi connectivity index (χ0) is 9.80. The molecule has 1 aromatic rings. The van der Waals surface area contributed by atoms with Gasteiger partial charge in [0.2, 0.25) is 0 Å². The molecule has 1 aliphatic rings. The minimum absolute atomic E-state index is 0.405. The molecule has 1 aliphatic heterocycles. The maximum atomic E-state index is 6.14. The van der Waals surface area contributed by atoms with E-state index in [1.165, 1.54) is 24.9 Å². The molecule has 0 radical (unpaired) electrons. The minimum atomic E-state index is 0.405. The SMILES string of the molecule is ClC1CCCN(Cc2ccsc2)CC1. The molecule has 1 atom stereocenters. The molecule has 78 valence electrons. The summed E-state index contributed by atoms with van der Waals surface area (Å²) in [6, 6.07) is 2.22. The summed E-state index contributed by atoms with van der Waals surface area (Å²) in [6.45, 7) is 3.47. The van der Waals surface area contributed by atoms with E-state index in [4.69, 9.17) is 11.6 Å². The van der Waals surface area contributed by atoms with Crippen LogP contribution in [-0.2, 0) is 6.54 Å². The Morgan fingerprint density at radius 2 is 2.36 bits per heavy atom. The molecule has 1 saturated heterocycles. The Balaban J connectivity index is 1.86. The Bertz CT molecular complexity index is 260. The van der Waals surface area contributed by atoms with Gasteiger partial charge < -0.3 is 0 Å². The number of thiophene rings is 1. The Morgan fingerprint density at radius 3 is 3.14 bits per heavy atom. The van der Waals surface area contributed by atoms with Crippen molar-refractivity contribution in [2.24, 2.45) is 0 Å². The van der Waals surface area contributed by atoms with Crippen LogP contribution in [0.1, 0.15) is 24.8 Å². The van der Waals surface area contributed by atoms with Gasteiger partial charge >= 0.3 is 0 Å². The molecule has 0 N–H and O–H groups in total. The molecule has 1 aromatic heterocycles. The minimum Gasteiger partial charge on any atom is -0.299 e. The Hall–Kier alpha value is -0.0500. The standard InChI is InChI=1S/C11H16ClNS/c12-11-2-1-5-13(6-3-11)8-10-4-7-14-9-10/h4,7,9,11H,1-3,5-6,8H2. The smallest absolute Gasteiger partial charge is 0.0348 e. The third-order valence-electron chi connectivity index (χ3n) is 2.74. The lowest BCUT2D eigenvalue weighted by molar-refractivity contribution is 0.277. The van der Waals surface area contributed by atoms with E-state index >= 15 is 0 Å². The van der Waals surface area contributed by atoms with Gasteiger partial charge in [0.15, 0.2) is 0 Å². The molecule has 1 nitrogen and oxygen atoms in total. The first-order valence-corrected chi connectivity index (χ1v) is 6.60. The van der Waals surface area contributed by atoms with E-state index < -0.39 is 0 Å². The predicted molar refractivity (Wildman–Crippen MR) is 63.1 cm³/mol. The number of nitrogens with zero attached hydrogens (tertiary/aromatic N) is 1. The van der Waals surface area contributed by atoms with Crippen LogP contribution >= 0.6 is 22.9 Å². The molecule has 0 aromatic carbocycles. The largest absolute Gasteiger partial charge is 0.299 e. The molecule has 0 bridgehead atoms. The van der Waals surface area contributed by atoms with Crippen LogP contribution in [0.2, 0.25) is 0 Å². The number of alkyl halides is 1. The van der Waals surface area contributed by atoms with Gasteiger partial charge in [-0.15, -0.1) is 11.6 Å². The van der Waals surface area contributed by atoms with E-state index in [1.54, 1.807) is 11.3 Å². The van der Waals surface area contributed by atoms with Gasteiger partial charge in [0.25, 0.3) is 0 Å². The lowest BCUT2D eigenvalue weighted by Gasteiger charge is -2.18. The van der Waals surface area contributed by atoms with Crippen LogP contribution in [-0.4, -0.2) is 23.4 Å². The highest BCUT2D eigenvalue weighted by Gasteiger charge is 2.14. The first kappa shape index (κ1) is 10.5. The average Bonchev–Trinajstić information content (AvgIpc) is 2.58. The van der Waals surface area contributed by atoms with Crippen LogP contribution in [0.5, 0.6) is 0 Å². The van der Waals surface area contributed by atoms with Crippen molar-refractivity contribution < 1.29 is 0 Å². The van der Waals surface area contributed by atoms with E-state index in [1.807, 2.05) is 0 Å². The normalized spacial score (nSPS) is 24.8. The third kappa shape index (κ3) is 2.97. The van der Waals surface area contributed by atoms with E-state index in [9.17, 15) is 0 Å². The predicted octanol–water partition coefficient (Wildman–Crippen LogP) is 3.34. The molecular weight excluding hydrogens is 214 g/mol. The maximum absolute atomic E-state index is 6.14. The number of likely N-dealkylation sites (tertiary alicyclic amines) is 1. The summed E-state index contributed by atoms with van der Waals surface area (Å²) < 4.78 is 0. The van der Waals surface area contributed by atoms with Crippen molar-refractivity contribution in [2.75, 3.05) is 13.1 Å². The summed E-state index contributed by atoms with van der Waals surface area (Å²) in [5.74, 6) is 0. The Kier molecular flexibility index (Phi) is 3.85. The summed E-state index contributed by atoms with van der Waals surface area (Å²) in [4.78, 5) is 2.52. The van der Waals surface area contributed by atoms with E-state index in [2.05, 4.69) is 21.7 Å². The van der Waals surface area contributed by atoms with Crippen LogP contribution in [0.15, 0.2) is 16.8 Å². The molecule has 1 fully saturated rings. The molecule has 1 unspecified atom stereocenters. The number of hydrogen-bond acceptors (Lipinski definition) is 2. The molecule has 2 rings (SSSR count). The van der Waals surface area contributed by atoms with Gasteiger partial charge in [-0.1, -0.05) is 0 Å². The topological polar surface area (TPSA) is 3.24 Å². The van der Waals surface area contributed by atoms with Crippen molar-refractivity contribution in [2.45, 2.75) is 31.2 Å². The highest BCUT2D eigenvalue weighted by Crippen LogP contribution is 2.18. The van der Waals surface area contributed by atoms with E-state index in [0.29, 0.717) is 5.38 Å². The highest BCUT2D eigenvalue weighted by molar-refractivity contribution is 7.07. The molecule has 2 heterocycles. The Morgan fingerprint density at radius 1 is 1.43 bits per heavy atom. The van der Waals surface area contributed by atoms with Crippen molar-refractivity contribution in [1.82, 2.24) is 4.90 Å². The number of rotatable bonds is 2. The fourth-order valence-electron chi connectivity index (χ4n) is 1.91. The van der Waals surface area contributed by atoms with Gasteiger partial charge in [-0.3, -0.25) is 4.90 Å². The number of halogens is 1. The maximum Gasteiger partial charge on any atom is 0.0348 e. The van der Waals surface area contributed by atoms with Gasteiger partial charge in [-0.2, -0.15) is 11.3 Å². The van der Waals surface area contributed by atoms with Crippen molar-refractivity contribution in [1.29, 1.82) is 0 Å². The molecule has 3 heteroatoms. The van der Waals surface area contributed by atoms with E-state index in [0.717, 1.165) is 19.5 Å². The second-order valence-electron chi connectivity index (χ2n) is 3.94. The quantitative estimate of drug-likeness (QED) is 0.704. The zero-order valence-corrected chi connectivity index (χ0v) is 9.86. The second-order valence-corrected chi connectivity index (χ2v) is 5.33. The van der Waals surface area contributed by atoms with Crippen LogP contribution in [0.4, 0.5) is 0 Å². The first-order valence-electron chi connectivity index (χ1n) is 5.22. The molecule has 0 aliphatic carbocycles. The summed E-state index contributed by atoms with van der Waals surface area (Å²) in [6.07, 6.45) is 3.58. The van der Waals surface area contributed by atoms with Crippen LogP contribution in [0.3, 0.4) is 0 Å². The summed E-state index contributed by atoms with van der Waals surface area (Å²) in [5.41, 5.74) is 1.45. The highest BCUT2D eigenvalue weighted by atomic mass is 35.5. The van der Waals surface area contributed by atoms with Crippen LogP contribution in [0.25, 0.3) is 0 Å². The molecule has 0 amide bonds. The molecule has 0 saturated carbocycles. The van der Waals surface area contributed by atoms with Crippen molar-refractivity contribution >= 4 is 22.9 Å². The number of hydrogen-bond donors (Lipinski definition) is 0. The molecule has 14 heavy (non-hydrogen) atoms. The van der Waals surface area contributed by atoms with Crippen molar-refractivity contribution in [3.8, 4) is 0 Å². The van der Waals surface area contributed by atoms with Gasteiger partial charge in [0.1, 0.15) is 0 Å². The zero-order valence-electron chi connectivity index (χ0n) is 8.29. The first-order chi connectivity index (χ1) is 6.84. The molecule has 0 spiro atoms. The summed E-state index contributed by atoms with van der Waals surface area (Å²) >= 11 is 7.92. The third-order valence-corrected chi connectivity index (χ3v) is 3.91. The Labute approximate surface area is 94.7 Å². The van der Waals surface area contributed by atoms with Gasteiger partial charge in [-0.25, -0.2) is 0 Å². The van der Waals surface area contributed by atoms with Crippen LogP contribution < -0.4 is 0 Å². The van der Waals surface area contributed by atoms with E-state index in [-0.39, 0.29) is 0 Å². The van der Waals surface area contributed by atoms with Gasteiger partial charge in [0.05, 0.1) is 0 Å².